The van der Waals surface area contributed by atoms with Crippen molar-refractivity contribution in [2.45, 2.75) is 44.3 Å². The Morgan fingerprint density at radius 2 is 1.78 bits per heavy atom. The summed E-state index contributed by atoms with van der Waals surface area (Å²) >= 11 is 13.2. The van der Waals surface area contributed by atoms with Crippen molar-refractivity contribution in [2.75, 3.05) is 13.7 Å². The van der Waals surface area contributed by atoms with Gasteiger partial charge in [-0.25, -0.2) is 8.78 Å². The fourth-order valence-electron chi connectivity index (χ4n) is 5.36. The normalized spacial score (nSPS) is 14.8. The number of aliphatic hydroxyl groups is 1. The van der Waals surface area contributed by atoms with E-state index in [-0.39, 0.29) is 33.4 Å². The Balaban J connectivity index is 1.56. The minimum atomic E-state index is -2.53. The monoisotopic (exact) mass is 669 g/mol. The van der Waals surface area contributed by atoms with Crippen LogP contribution < -0.4 is 20.6 Å². The van der Waals surface area contributed by atoms with Crippen molar-refractivity contribution in [1.29, 1.82) is 0 Å². The Hall–Kier alpha value is -4.25. The Bertz CT molecular complexity index is 1920. The first-order chi connectivity index (χ1) is 21.8. The first kappa shape index (κ1) is 33.1. The van der Waals surface area contributed by atoms with Crippen molar-refractivity contribution >= 4 is 35.2 Å². The summed E-state index contributed by atoms with van der Waals surface area (Å²) in [6.45, 7) is 3.18. The number of methoxy groups -OCH3 is 1. The van der Waals surface area contributed by atoms with Gasteiger partial charge in [0, 0.05) is 40.8 Å². The number of halogens is 4. The number of hydrogen-bond acceptors (Lipinski definition) is 7. The van der Waals surface area contributed by atoms with Crippen molar-refractivity contribution in [3.63, 3.8) is 0 Å². The molecule has 3 aromatic carbocycles. The van der Waals surface area contributed by atoms with Crippen molar-refractivity contribution in [3.05, 3.63) is 104 Å². The molecule has 2 atom stereocenters. The molecule has 2 heterocycles. The molecule has 0 spiro atoms. The second kappa shape index (κ2) is 13.2. The minimum Gasteiger partial charge on any atom is -0.504 e. The molecule has 1 unspecified atom stereocenters. The van der Waals surface area contributed by atoms with E-state index in [4.69, 9.17) is 32.9 Å². The summed E-state index contributed by atoms with van der Waals surface area (Å²) in [5.41, 5.74) is 0.751. The number of rotatable bonds is 10. The summed E-state index contributed by atoms with van der Waals surface area (Å²) in [5, 5.41) is 35.2. The number of phenolic OH excluding ortho intramolecular Hbond substituents is 2. The van der Waals surface area contributed by atoms with E-state index in [1.807, 2.05) is 30.3 Å². The zero-order valence-corrected chi connectivity index (χ0v) is 26.6. The first-order valence-electron chi connectivity index (χ1n) is 14.3. The summed E-state index contributed by atoms with van der Waals surface area (Å²) in [6.07, 6.45) is -1.37. The number of carbonyl (C=O) groups excluding carboxylic acids is 1. The molecular weight excluding hydrogens is 639 g/mol. The predicted molar refractivity (Wildman–Crippen MR) is 172 cm³/mol. The van der Waals surface area contributed by atoms with E-state index in [9.17, 15) is 28.9 Å². The van der Waals surface area contributed by atoms with E-state index in [0.29, 0.717) is 27.6 Å². The van der Waals surface area contributed by atoms with Gasteiger partial charge < -0.3 is 25.4 Å². The third-order valence-corrected chi connectivity index (χ3v) is 8.45. The van der Waals surface area contributed by atoms with Crippen LogP contribution in [0.3, 0.4) is 0 Å². The lowest BCUT2D eigenvalue weighted by Gasteiger charge is -2.25. The fraction of sp³-hybridized carbons (Fsp3) is 0.265. The zero-order valence-electron chi connectivity index (χ0n) is 25.1. The summed E-state index contributed by atoms with van der Waals surface area (Å²) in [6, 6.07) is 16.0. The van der Waals surface area contributed by atoms with Crippen LogP contribution in [-0.2, 0) is 5.60 Å². The summed E-state index contributed by atoms with van der Waals surface area (Å²) in [5.74, 6) is -1.68. The second-order valence-electron chi connectivity index (χ2n) is 11.4. The van der Waals surface area contributed by atoms with Gasteiger partial charge in [-0.05, 0) is 49.7 Å². The minimum absolute atomic E-state index is 0.0538. The molecule has 0 fully saturated rings. The Labute approximate surface area is 273 Å². The average molecular weight is 671 g/mol. The average Bonchev–Trinajstić information content (AvgIpc) is 3.42. The number of benzene rings is 3. The van der Waals surface area contributed by atoms with Gasteiger partial charge in [0.2, 0.25) is 6.43 Å². The number of hydrogen-bond donors (Lipinski definition) is 4. The number of phenols is 2. The molecule has 4 aromatic rings. The number of pyridine rings is 1. The molecule has 5 rings (SSSR count). The maximum absolute atomic E-state index is 13.5. The number of ether oxygens (including phenoxy) is 1. The van der Waals surface area contributed by atoms with E-state index in [2.05, 4.69) is 10.3 Å². The van der Waals surface area contributed by atoms with Crippen LogP contribution >= 0.6 is 23.2 Å². The highest BCUT2D eigenvalue weighted by Crippen LogP contribution is 2.44. The Morgan fingerprint density at radius 1 is 1.07 bits per heavy atom. The van der Waals surface area contributed by atoms with Gasteiger partial charge in [-0.2, -0.15) is 0 Å². The number of fused-ring (bicyclic) bond motifs is 1. The lowest BCUT2D eigenvalue weighted by molar-refractivity contribution is 0.0785. The molecule has 1 aromatic heterocycles. The van der Waals surface area contributed by atoms with Crippen LogP contribution in [0.2, 0.25) is 10.0 Å². The van der Waals surface area contributed by atoms with E-state index in [1.54, 1.807) is 32.1 Å². The van der Waals surface area contributed by atoms with Crippen molar-refractivity contribution in [3.8, 4) is 28.5 Å². The number of aromatic hydroxyl groups is 2. The van der Waals surface area contributed by atoms with Gasteiger partial charge in [0.05, 0.1) is 40.2 Å². The van der Waals surface area contributed by atoms with Gasteiger partial charge in [0.1, 0.15) is 11.1 Å². The first-order valence-corrected chi connectivity index (χ1v) is 15.1. The molecule has 46 heavy (non-hydrogen) atoms. The predicted octanol–water partition coefficient (Wildman–Crippen LogP) is 5.70. The third-order valence-electron chi connectivity index (χ3n) is 7.69. The fourth-order valence-corrected chi connectivity index (χ4v) is 6.04. The van der Waals surface area contributed by atoms with Gasteiger partial charge in [-0.15, -0.1) is 0 Å². The maximum atomic E-state index is 13.5. The molecular formula is C34H31Cl2F2N3O5. The zero-order chi connectivity index (χ0) is 33.3. The summed E-state index contributed by atoms with van der Waals surface area (Å²) in [4.78, 5) is 22.7. The van der Waals surface area contributed by atoms with Crippen LogP contribution in [0, 0.1) is 0 Å². The van der Waals surface area contributed by atoms with Crippen molar-refractivity contribution < 1.29 is 33.6 Å². The molecule has 1 aliphatic heterocycles. The second-order valence-corrected chi connectivity index (χ2v) is 12.1. The number of aromatic nitrogens is 1. The Kier molecular flexibility index (Phi) is 9.53. The highest BCUT2D eigenvalue weighted by Gasteiger charge is 2.29. The topological polar surface area (TPSA) is 124 Å². The molecule has 0 saturated carbocycles. The number of nitrogens with zero attached hydrogens (tertiary/aromatic N) is 2. The SMILES string of the molecule is COc1cc(C(=O)NC[C@@H](c2ccccc2)c2cc(C(C)(C)O)c(Cl)c(-c3ccc(O)c(O)c3Cl)n2)cc2c1=NC(CC(F)F)C=2. The van der Waals surface area contributed by atoms with Gasteiger partial charge in [-0.1, -0.05) is 59.6 Å². The molecule has 1 amide bonds. The van der Waals surface area contributed by atoms with Crippen molar-refractivity contribution in [2.24, 2.45) is 4.99 Å². The van der Waals surface area contributed by atoms with E-state index in [0.717, 1.165) is 5.56 Å². The Morgan fingerprint density at radius 3 is 2.43 bits per heavy atom. The number of carbonyl (C=O) groups is 1. The maximum Gasteiger partial charge on any atom is 0.251 e. The van der Waals surface area contributed by atoms with Crippen molar-refractivity contribution in [1.82, 2.24) is 10.3 Å². The third kappa shape index (κ3) is 6.79. The van der Waals surface area contributed by atoms with E-state index >= 15 is 0 Å². The standard InChI is InChI=1S/C34H31Cl2F2N3O5/c1-34(2,45)23-15-24(41-31(29(23)36)21-9-10-25(42)32(43)28(21)35)22(17-7-5-4-6-8-17)16-39-33(44)19-11-18-12-20(14-27(37)38)40-30(18)26(13-19)46-3/h4-13,15,20,22,27,42-43,45H,14,16H2,1-3H3,(H,39,44)/t20?,22-/m0/s1. The molecule has 0 aliphatic carbocycles. The van der Waals surface area contributed by atoms with Crippen LogP contribution in [0.1, 0.15) is 53.4 Å². The van der Waals surface area contributed by atoms with Crippen LogP contribution in [0.4, 0.5) is 8.78 Å². The van der Waals surface area contributed by atoms with Gasteiger partial charge in [-0.3, -0.25) is 14.8 Å². The number of nitrogens with one attached hydrogen (secondary N) is 1. The molecule has 1 aliphatic rings. The molecule has 0 radical (unpaired) electrons. The van der Waals surface area contributed by atoms with Crippen LogP contribution in [0.15, 0.2) is 65.7 Å². The molecule has 12 heteroatoms. The van der Waals surface area contributed by atoms with E-state index in [1.165, 1.54) is 25.3 Å². The van der Waals surface area contributed by atoms with Crippen LogP contribution in [-0.4, -0.2) is 52.3 Å². The van der Waals surface area contributed by atoms with Crippen LogP contribution in [0.5, 0.6) is 17.2 Å². The van der Waals surface area contributed by atoms with Gasteiger partial charge in [0.15, 0.2) is 11.5 Å². The summed E-state index contributed by atoms with van der Waals surface area (Å²) in [7, 11) is 1.42. The lowest BCUT2D eigenvalue weighted by atomic mass is 9.89. The lowest BCUT2D eigenvalue weighted by Crippen LogP contribution is -2.32. The molecule has 0 saturated heterocycles. The van der Waals surface area contributed by atoms with Gasteiger partial charge >= 0.3 is 0 Å². The quantitative estimate of drug-likeness (QED) is 0.161. The highest BCUT2D eigenvalue weighted by molar-refractivity contribution is 6.37. The smallest absolute Gasteiger partial charge is 0.251 e. The van der Waals surface area contributed by atoms with Crippen LogP contribution in [0.25, 0.3) is 17.3 Å². The molecule has 4 N–H and O–H groups in total. The molecule has 8 nitrogen and oxygen atoms in total. The largest absolute Gasteiger partial charge is 0.504 e. The van der Waals surface area contributed by atoms with E-state index < -0.39 is 47.8 Å². The number of amides is 1. The highest BCUT2D eigenvalue weighted by atomic mass is 35.5. The number of alkyl halides is 2. The summed E-state index contributed by atoms with van der Waals surface area (Å²) < 4.78 is 31.5. The van der Waals surface area contributed by atoms with Gasteiger partial charge in [0.25, 0.3) is 5.91 Å². The molecule has 240 valence electrons. The molecule has 0 bridgehead atoms.